The number of benzene rings is 2. The Morgan fingerprint density at radius 2 is 1.78 bits per heavy atom. The van der Waals surface area contributed by atoms with E-state index in [-0.39, 0.29) is 15.7 Å². The van der Waals surface area contributed by atoms with Gasteiger partial charge in [0.15, 0.2) is 11.5 Å². The van der Waals surface area contributed by atoms with Gasteiger partial charge in [-0.2, -0.15) is 18.4 Å². The molecule has 0 spiro atoms. The monoisotopic (exact) mass is 412 g/mol. The molecule has 0 amide bonds. The highest BCUT2D eigenvalue weighted by atomic mass is 35.5. The van der Waals surface area contributed by atoms with Crippen LogP contribution in [0.25, 0.3) is 0 Å². The summed E-state index contributed by atoms with van der Waals surface area (Å²) in [5.41, 5.74) is 0.636. The van der Waals surface area contributed by atoms with Gasteiger partial charge >= 0.3 is 0 Å². The summed E-state index contributed by atoms with van der Waals surface area (Å²) in [7, 11) is -1.04. The molecule has 9 heteroatoms. The third-order valence-electron chi connectivity index (χ3n) is 3.45. The van der Waals surface area contributed by atoms with Gasteiger partial charge in [0, 0.05) is 5.02 Å². The molecular weight excluding hydrogens is 392 g/mol. The van der Waals surface area contributed by atoms with Crippen LogP contribution in [0.2, 0.25) is 5.02 Å². The molecule has 27 heavy (non-hydrogen) atoms. The van der Waals surface area contributed by atoms with Crippen LogP contribution >= 0.6 is 11.6 Å². The van der Waals surface area contributed by atoms with E-state index >= 15 is 0 Å². The van der Waals surface area contributed by atoms with Crippen LogP contribution in [0.1, 0.15) is 18.9 Å². The highest BCUT2D eigenvalue weighted by Crippen LogP contribution is 2.28. The zero-order chi connectivity index (χ0) is 19.9. The summed E-state index contributed by atoms with van der Waals surface area (Å²) in [4.78, 5) is 2.04. The first-order chi connectivity index (χ1) is 12.9. The SMILES string of the molecule is CCCOc1ccc(/C=N/NS(=O)(=O)c2cc(Cl)ccc2OC)cc1OC. The number of methoxy groups -OCH3 is 2. The van der Waals surface area contributed by atoms with E-state index in [1.54, 1.807) is 18.2 Å². The molecule has 1 N–H and O–H groups in total. The van der Waals surface area contributed by atoms with Crippen molar-refractivity contribution in [1.82, 2.24) is 4.83 Å². The maximum atomic E-state index is 12.4. The van der Waals surface area contributed by atoms with E-state index in [2.05, 4.69) is 9.93 Å². The molecule has 2 aromatic rings. The number of rotatable bonds is 9. The molecule has 0 aliphatic rings. The van der Waals surface area contributed by atoms with E-state index in [1.165, 1.54) is 38.6 Å². The normalized spacial score (nSPS) is 11.4. The molecule has 7 nitrogen and oxygen atoms in total. The Kier molecular flexibility index (Phi) is 7.32. The molecule has 146 valence electrons. The molecule has 0 atom stereocenters. The zero-order valence-corrected chi connectivity index (χ0v) is 16.8. The maximum absolute atomic E-state index is 12.4. The third kappa shape index (κ3) is 5.51. The predicted octanol–water partition coefficient (Wildman–Crippen LogP) is 3.46. The van der Waals surface area contributed by atoms with Crippen LogP contribution in [-0.2, 0) is 10.0 Å². The average Bonchev–Trinajstić information content (AvgIpc) is 2.66. The van der Waals surface area contributed by atoms with Gasteiger partial charge < -0.3 is 14.2 Å². The molecular formula is C18H21ClN2O5S. The summed E-state index contributed by atoms with van der Waals surface area (Å²) < 4.78 is 40.8. The van der Waals surface area contributed by atoms with Crippen LogP contribution < -0.4 is 19.0 Å². The fourth-order valence-electron chi connectivity index (χ4n) is 2.18. The van der Waals surface area contributed by atoms with E-state index in [0.717, 1.165) is 6.42 Å². The van der Waals surface area contributed by atoms with Crippen molar-refractivity contribution in [3.8, 4) is 17.2 Å². The number of nitrogens with zero attached hydrogens (tertiary/aromatic N) is 1. The summed E-state index contributed by atoms with van der Waals surface area (Å²) in [5.74, 6) is 1.31. The van der Waals surface area contributed by atoms with Crippen LogP contribution in [0, 0.1) is 0 Å². The highest BCUT2D eigenvalue weighted by molar-refractivity contribution is 7.89. The standard InChI is InChI=1S/C18H21ClN2O5S/c1-4-9-26-15-7-5-13(10-17(15)25-3)12-20-21-27(22,23)18-11-14(19)6-8-16(18)24-2/h5-8,10-12,21H,4,9H2,1-3H3/b20-12+. The largest absolute Gasteiger partial charge is 0.495 e. The van der Waals surface area contributed by atoms with Gasteiger partial charge in [-0.25, -0.2) is 0 Å². The smallest absolute Gasteiger partial charge is 0.280 e. The molecule has 0 unspecified atom stereocenters. The zero-order valence-electron chi connectivity index (χ0n) is 15.2. The number of hydrogen-bond acceptors (Lipinski definition) is 6. The van der Waals surface area contributed by atoms with Gasteiger partial charge in [0.05, 0.1) is 27.0 Å². The van der Waals surface area contributed by atoms with Gasteiger partial charge in [-0.3, -0.25) is 0 Å². The van der Waals surface area contributed by atoms with E-state index in [4.69, 9.17) is 25.8 Å². The van der Waals surface area contributed by atoms with Crippen molar-refractivity contribution in [2.24, 2.45) is 5.10 Å². The van der Waals surface area contributed by atoms with Gasteiger partial charge in [-0.05, 0) is 48.4 Å². The Bertz CT molecular complexity index is 916. The molecule has 0 radical (unpaired) electrons. The van der Waals surface area contributed by atoms with E-state index < -0.39 is 10.0 Å². The Hall–Kier alpha value is -2.45. The third-order valence-corrected chi connectivity index (χ3v) is 4.93. The number of ether oxygens (including phenoxy) is 3. The van der Waals surface area contributed by atoms with Crippen molar-refractivity contribution in [3.05, 3.63) is 47.0 Å². The first-order valence-corrected chi connectivity index (χ1v) is 9.96. The van der Waals surface area contributed by atoms with Gasteiger partial charge in [0.2, 0.25) is 0 Å². The molecule has 2 rings (SSSR count). The molecule has 0 aromatic heterocycles. The lowest BCUT2D eigenvalue weighted by Crippen LogP contribution is -2.19. The van der Waals surface area contributed by atoms with Crippen molar-refractivity contribution in [1.29, 1.82) is 0 Å². The molecule has 0 saturated carbocycles. The molecule has 2 aromatic carbocycles. The summed E-state index contributed by atoms with van der Waals surface area (Å²) in [6, 6.07) is 9.48. The minimum absolute atomic E-state index is 0.101. The Morgan fingerprint density at radius 1 is 1.07 bits per heavy atom. The molecule has 0 fully saturated rings. The first-order valence-electron chi connectivity index (χ1n) is 8.10. The average molecular weight is 413 g/mol. The van der Waals surface area contributed by atoms with Gasteiger partial charge in [-0.1, -0.05) is 18.5 Å². The quantitative estimate of drug-likeness (QED) is 0.503. The summed E-state index contributed by atoms with van der Waals surface area (Å²) in [5, 5.41) is 4.07. The van der Waals surface area contributed by atoms with Gasteiger partial charge in [-0.15, -0.1) is 0 Å². The Balaban J connectivity index is 2.18. The second-order valence-corrected chi connectivity index (χ2v) is 7.47. The molecule has 0 saturated heterocycles. The van der Waals surface area contributed by atoms with E-state index in [1.807, 2.05) is 6.92 Å². The minimum atomic E-state index is -3.94. The summed E-state index contributed by atoms with van der Waals surface area (Å²) >= 11 is 5.88. The summed E-state index contributed by atoms with van der Waals surface area (Å²) in [6.07, 6.45) is 2.24. The van der Waals surface area contributed by atoms with Crippen molar-refractivity contribution >= 4 is 27.8 Å². The molecule has 0 aliphatic carbocycles. The number of nitrogens with one attached hydrogen (secondary N) is 1. The van der Waals surface area contributed by atoms with Crippen LogP contribution in [0.3, 0.4) is 0 Å². The lowest BCUT2D eigenvalue weighted by Gasteiger charge is -2.10. The Labute approximate surface area is 163 Å². The predicted molar refractivity (Wildman–Crippen MR) is 105 cm³/mol. The fraction of sp³-hybridized carbons (Fsp3) is 0.278. The first kappa shape index (κ1) is 20.9. The fourth-order valence-corrected chi connectivity index (χ4v) is 3.40. The van der Waals surface area contributed by atoms with Crippen molar-refractivity contribution < 1.29 is 22.6 Å². The molecule has 0 aliphatic heterocycles. The van der Waals surface area contributed by atoms with Crippen molar-refractivity contribution in [3.63, 3.8) is 0 Å². The number of halogens is 1. The molecule has 0 bridgehead atoms. The van der Waals surface area contributed by atoms with Crippen LogP contribution in [-0.4, -0.2) is 35.5 Å². The number of hydrogen-bond donors (Lipinski definition) is 1. The molecule has 0 heterocycles. The van der Waals surface area contributed by atoms with Crippen LogP contribution in [0.4, 0.5) is 0 Å². The topological polar surface area (TPSA) is 86.2 Å². The minimum Gasteiger partial charge on any atom is -0.495 e. The number of sulfonamides is 1. The van der Waals surface area contributed by atoms with Gasteiger partial charge in [0.25, 0.3) is 10.0 Å². The van der Waals surface area contributed by atoms with Crippen LogP contribution in [0.15, 0.2) is 46.4 Å². The highest BCUT2D eigenvalue weighted by Gasteiger charge is 2.19. The summed E-state index contributed by atoms with van der Waals surface area (Å²) in [6.45, 7) is 2.58. The lowest BCUT2D eigenvalue weighted by atomic mass is 10.2. The lowest BCUT2D eigenvalue weighted by molar-refractivity contribution is 0.294. The second kappa shape index (κ2) is 9.48. The van der Waals surface area contributed by atoms with E-state index in [0.29, 0.717) is 23.7 Å². The van der Waals surface area contributed by atoms with Gasteiger partial charge in [0.1, 0.15) is 10.6 Å². The Morgan fingerprint density at radius 3 is 2.44 bits per heavy atom. The number of hydrazone groups is 1. The second-order valence-electron chi connectivity index (χ2n) is 5.41. The van der Waals surface area contributed by atoms with Crippen LogP contribution in [0.5, 0.6) is 17.2 Å². The van der Waals surface area contributed by atoms with Crippen molar-refractivity contribution in [2.75, 3.05) is 20.8 Å². The maximum Gasteiger partial charge on any atom is 0.280 e. The van der Waals surface area contributed by atoms with E-state index in [9.17, 15) is 8.42 Å². The van der Waals surface area contributed by atoms with Crippen molar-refractivity contribution in [2.45, 2.75) is 18.2 Å².